The minimum Gasteiger partial charge on any atom is -0.395 e. The van der Waals surface area contributed by atoms with Crippen molar-refractivity contribution in [2.24, 2.45) is 0 Å². The van der Waals surface area contributed by atoms with Gasteiger partial charge in [-0.3, -0.25) is 19.2 Å². The molecule has 37 heavy (non-hydrogen) atoms. The number of benzene rings is 2. The maximum Gasteiger partial charge on any atom is 0.416 e. The minimum absolute atomic E-state index is 0.00354. The Morgan fingerprint density at radius 3 is 2.78 bits per heavy atom. The molecule has 2 aliphatic rings. The average molecular weight is 551 g/mol. The van der Waals surface area contributed by atoms with Gasteiger partial charge in [0.25, 0.3) is 11.1 Å². The average Bonchev–Trinajstić information content (AvgIpc) is 3.38. The molecule has 2 aromatic carbocycles. The number of hydrogen-bond acceptors (Lipinski definition) is 6. The maximum absolute atomic E-state index is 13.5. The van der Waals surface area contributed by atoms with Crippen LogP contribution in [0.25, 0.3) is 17.0 Å². The van der Waals surface area contributed by atoms with E-state index in [4.69, 9.17) is 11.6 Å². The number of aliphatic hydroxyl groups excluding tert-OH is 1. The van der Waals surface area contributed by atoms with Crippen molar-refractivity contribution in [1.82, 2.24) is 20.0 Å². The second-order valence-electron chi connectivity index (χ2n) is 8.98. The molecule has 0 spiro atoms. The van der Waals surface area contributed by atoms with Gasteiger partial charge in [-0.05, 0) is 72.6 Å². The van der Waals surface area contributed by atoms with E-state index in [2.05, 4.69) is 10.4 Å². The SMILES string of the molecule is O=C1S/C(=C\c2ccc3c(cnn3Cc3ccc(Cl)cc3C(F)(F)F)c2)C(=O)N1[C@H]1CCN[C@H](CO)C1. The lowest BCUT2D eigenvalue weighted by atomic mass is 9.98. The molecule has 7 nitrogen and oxygen atoms in total. The largest absolute Gasteiger partial charge is 0.416 e. The van der Waals surface area contributed by atoms with Gasteiger partial charge in [0.15, 0.2) is 0 Å². The first-order valence-electron chi connectivity index (χ1n) is 11.6. The highest BCUT2D eigenvalue weighted by Crippen LogP contribution is 2.37. The first kappa shape index (κ1) is 25.8. The summed E-state index contributed by atoms with van der Waals surface area (Å²) >= 11 is 6.66. The van der Waals surface area contributed by atoms with E-state index in [1.54, 1.807) is 30.5 Å². The Kier molecular flexibility index (Phi) is 7.06. The van der Waals surface area contributed by atoms with E-state index in [-0.39, 0.29) is 47.0 Å². The van der Waals surface area contributed by atoms with Crippen LogP contribution in [0.15, 0.2) is 47.5 Å². The smallest absolute Gasteiger partial charge is 0.395 e. The lowest BCUT2D eigenvalue weighted by Gasteiger charge is -2.33. The van der Waals surface area contributed by atoms with Crippen LogP contribution >= 0.6 is 23.4 Å². The number of nitrogens with zero attached hydrogens (tertiary/aromatic N) is 3. The van der Waals surface area contributed by atoms with E-state index in [1.807, 2.05) is 0 Å². The monoisotopic (exact) mass is 550 g/mol. The molecular weight excluding hydrogens is 529 g/mol. The van der Waals surface area contributed by atoms with Crippen LogP contribution in [0.4, 0.5) is 18.0 Å². The summed E-state index contributed by atoms with van der Waals surface area (Å²) in [6.45, 7) is 0.447. The Balaban J connectivity index is 1.38. The zero-order valence-electron chi connectivity index (χ0n) is 19.3. The van der Waals surface area contributed by atoms with Crippen molar-refractivity contribution in [2.45, 2.75) is 37.6 Å². The van der Waals surface area contributed by atoms with Crippen molar-refractivity contribution >= 4 is 51.5 Å². The molecule has 2 amide bonds. The second-order valence-corrected chi connectivity index (χ2v) is 10.4. The number of rotatable bonds is 5. The quantitative estimate of drug-likeness (QED) is 0.439. The molecule has 194 valence electrons. The number of amides is 2. The highest BCUT2D eigenvalue weighted by atomic mass is 35.5. The molecule has 2 N–H and O–H groups in total. The van der Waals surface area contributed by atoms with E-state index < -0.39 is 11.7 Å². The number of piperidine rings is 1. The molecular formula is C25H22ClF3N4O3S. The van der Waals surface area contributed by atoms with Crippen molar-refractivity contribution in [2.75, 3.05) is 13.2 Å². The van der Waals surface area contributed by atoms with Gasteiger partial charge in [0.2, 0.25) is 0 Å². The zero-order chi connectivity index (χ0) is 26.3. The van der Waals surface area contributed by atoms with Crippen LogP contribution in [0.1, 0.15) is 29.5 Å². The molecule has 3 heterocycles. The van der Waals surface area contributed by atoms with Crippen molar-refractivity contribution in [3.63, 3.8) is 0 Å². The van der Waals surface area contributed by atoms with Gasteiger partial charge in [0.1, 0.15) is 0 Å². The zero-order valence-corrected chi connectivity index (χ0v) is 20.9. The number of aromatic nitrogens is 2. The molecule has 2 saturated heterocycles. The Bertz CT molecular complexity index is 1410. The number of hydrogen-bond donors (Lipinski definition) is 2. The molecule has 2 aliphatic heterocycles. The van der Waals surface area contributed by atoms with Crippen molar-refractivity contribution in [3.05, 3.63) is 69.2 Å². The van der Waals surface area contributed by atoms with Crippen LogP contribution in [0.3, 0.4) is 0 Å². The summed E-state index contributed by atoms with van der Waals surface area (Å²) < 4.78 is 42.0. The molecule has 0 unspecified atom stereocenters. The molecule has 0 aliphatic carbocycles. The lowest BCUT2D eigenvalue weighted by molar-refractivity contribution is -0.138. The predicted octanol–water partition coefficient (Wildman–Crippen LogP) is 4.91. The van der Waals surface area contributed by atoms with Gasteiger partial charge >= 0.3 is 6.18 Å². The van der Waals surface area contributed by atoms with Crippen molar-refractivity contribution in [1.29, 1.82) is 0 Å². The number of thioether (sulfide) groups is 1. The maximum atomic E-state index is 13.5. The summed E-state index contributed by atoms with van der Waals surface area (Å²) in [5.74, 6) is -0.364. The Hall–Kier alpha value is -2.86. The molecule has 1 aromatic heterocycles. The van der Waals surface area contributed by atoms with Gasteiger partial charge < -0.3 is 10.4 Å². The molecule has 3 aromatic rings. The number of halogens is 4. The first-order chi connectivity index (χ1) is 17.6. The Labute approximate surface area is 219 Å². The summed E-state index contributed by atoms with van der Waals surface area (Å²) in [6, 6.07) is 8.45. The van der Waals surface area contributed by atoms with Gasteiger partial charge in [-0.1, -0.05) is 23.7 Å². The third kappa shape index (κ3) is 5.26. The highest BCUT2D eigenvalue weighted by Gasteiger charge is 2.41. The summed E-state index contributed by atoms with van der Waals surface area (Å²) in [5, 5.41) is 17.2. The fraction of sp³-hybridized carbons (Fsp3) is 0.320. The van der Waals surface area contributed by atoms with Crippen LogP contribution in [-0.2, 0) is 17.5 Å². The Morgan fingerprint density at radius 1 is 1.22 bits per heavy atom. The van der Waals surface area contributed by atoms with Gasteiger partial charge in [0, 0.05) is 22.5 Å². The number of alkyl halides is 3. The minimum atomic E-state index is -4.55. The molecule has 5 rings (SSSR count). The van der Waals surface area contributed by atoms with E-state index in [0.717, 1.165) is 17.8 Å². The molecule has 0 saturated carbocycles. The molecule has 0 radical (unpaired) electrons. The normalized spacial score (nSPS) is 22.0. The first-order valence-corrected chi connectivity index (χ1v) is 12.8. The number of imide groups is 1. The van der Waals surface area contributed by atoms with Crippen molar-refractivity contribution in [3.8, 4) is 0 Å². The second kappa shape index (κ2) is 10.1. The molecule has 0 bridgehead atoms. The topological polar surface area (TPSA) is 87.5 Å². The number of carbonyl (C=O) groups excluding carboxylic acids is 2. The highest BCUT2D eigenvalue weighted by molar-refractivity contribution is 8.18. The van der Waals surface area contributed by atoms with Gasteiger partial charge in [-0.15, -0.1) is 0 Å². The predicted molar refractivity (Wildman–Crippen MR) is 135 cm³/mol. The fourth-order valence-corrected chi connectivity index (χ4v) is 5.81. The summed E-state index contributed by atoms with van der Waals surface area (Å²) in [4.78, 5) is 27.2. The van der Waals surface area contributed by atoms with Gasteiger partial charge in [-0.25, -0.2) is 0 Å². The summed E-state index contributed by atoms with van der Waals surface area (Å²) in [5.41, 5.74) is 0.521. The Morgan fingerprint density at radius 2 is 2.03 bits per heavy atom. The van der Waals surface area contributed by atoms with E-state index in [1.165, 1.54) is 21.7 Å². The van der Waals surface area contributed by atoms with Gasteiger partial charge in [-0.2, -0.15) is 18.3 Å². The molecule has 12 heteroatoms. The van der Waals surface area contributed by atoms with E-state index in [0.29, 0.717) is 40.8 Å². The van der Waals surface area contributed by atoms with Crippen LogP contribution in [-0.4, -0.2) is 56.2 Å². The van der Waals surface area contributed by atoms with Crippen LogP contribution in [0, 0.1) is 0 Å². The van der Waals surface area contributed by atoms with Crippen molar-refractivity contribution < 1.29 is 27.9 Å². The van der Waals surface area contributed by atoms with E-state index >= 15 is 0 Å². The number of nitrogens with one attached hydrogen (secondary N) is 1. The summed E-state index contributed by atoms with van der Waals surface area (Å²) in [6.07, 6.45) is -0.251. The third-order valence-corrected chi connectivity index (χ3v) is 7.66. The number of carbonyl (C=O) groups is 2. The standard InChI is InChI=1S/C25H22ClF3N4O3S/c26-17-3-2-15(20(9-17)25(27,28)29)12-32-21-4-1-14(7-16(21)11-31-32)8-22-23(35)33(24(36)37-22)19-5-6-30-18(10-19)13-34/h1-4,7-9,11,18-19,30,34H,5-6,10,12-13H2/b22-8-/t18-,19-/m0/s1. The number of fused-ring (bicyclic) bond motifs is 1. The fourth-order valence-electron chi connectivity index (χ4n) is 4.74. The summed E-state index contributed by atoms with van der Waals surface area (Å²) in [7, 11) is 0. The number of aliphatic hydroxyl groups is 1. The van der Waals surface area contributed by atoms with Crippen LogP contribution in [0.2, 0.25) is 5.02 Å². The molecule has 2 atom stereocenters. The van der Waals surface area contributed by atoms with Gasteiger partial charge in [0.05, 0.1) is 35.3 Å². The van der Waals surface area contributed by atoms with E-state index in [9.17, 15) is 27.9 Å². The third-order valence-electron chi connectivity index (χ3n) is 6.54. The van der Waals surface area contributed by atoms with Crippen LogP contribution in [0.5, 0.6) is 0 Å². The van der Waals surface area contributed by atoms with Crippen LogP contribution < -0.4 is 5.32 Å². The molecule has 2 fully saturated rings. The lowest BCUT2D eigenvalue weighted by Crippen LogP contribution is -2.50.